The minimum Gasteiger partial charge on any atom is -0.497 e. The lowest BCUT2D eigenvalue weighted by atomic mass is 10.0. The van der Waals surface area contributed by atoms with E-state index in [4.69, 9.17) is 4.74 Å². The van der Waals surface area contributed by atoms with Crippen LogP contribution in [0.1, 0.15) is 30.4 Å². The maximum Gasteiger partial charge on any atom is 0.282 e. The Balaban J connectivity index is 1.83. The molecule has 1 fully saturated rings. The molecule has 2 aromatic rings. The number of methoxy groups -OCH3 is 1. The SMILES string of the molecule is COc1ccc(C2=C(N3CCCCC3)C(=O)N(c3ccccc3C)C2=O)cc1. The summed E-state index contributed by atoms with van der Waals surface area (Å²) in [5.41, 5.74) is 3.31. The van der Waals surface area contributed by atoms with Gasteiger partial charge in [0.25, 0.3) is 11.8 Å². The largest absolute Gasteiger partial charge is 0.497 e. The van der Waals surface area contributed by atoms with Crippen molar-refractivity contribution >= 4 is 23.1 Å². The summed E-state index contributed by atoms with van der Waals surface area (Å²) < 4.78 is 5.24. The fraction of sp³-hybridized carbons (Fsp3) is 0.304. The Labute approximate surface area is 165 Å². The zero-order chi connectivity index (χ0) is 19.7. The number of para-hydroxylation sites is 1. The van der Waals surface area contributed by atoms with Crippen LogP contribution in [-0.4, -0.2) is 36.9 Å². The smallest absolute Gasteiger partial charge is 0.282 e. The van der Waals surface area contributed by atoms with Gasteiger partial charge in [-0.15, -0.1) is 0 Å². The number of likely N-dealkylation sites (tertiary alicyclic amines) is 1. The Morgan fingerprint density at radius 1 is 0.857 bits per heavy atom. The molecular formula is C23H24N2O3. The molecule has 2 amide bonds. The fourth-order valence-electron chi connectivity index (χ4n) is 3.98. The maximum absolute atomic E-state index is 13.5. The van der Waals surface area contributed by atoms with Crippen LogP contribution in [0.4, 0.5) is 5.69 Å². The molecule has 0 unspecified atom stereocenters. The van der Waals surface area contributed by atoms with E-state index < -0.39 is 0 Å². The van der Waals surface area contributed by atoms with Gasteiger partial charge in [0.05, 0.1) is 18.4 Å². The minimum atomic E-state index is -0.259. The zero-order valence-electron chi connectivity index (χ0n) is 16.3. The Morgan fingerprint density at radius 3 is 2.18 bits per heavy atom. The molecular weight excluding hydrogens is 352 g/mol. The minimum absolute atomic E-state index is 0.230. The van der Waals surface area contributed by atoms with Gasteiger partial charge in [0.2, 0.25) is 0 Å². The molecule has 0 spiro atoms. The number of carbonyl (C=O) groups excluding carboxylic acids is 2. The van der Waals surface area contributed by atoms with Gasteiger partial charge in [-0.05, 0) is 55.5 Å². The van der Waals surface area contributed by atoms with E-state index >= 15 is 0 Å². The summed E-state index contributed by atoms with van der Waals surface area (Å²) in [7, 11) is 1.61. The van der Waals surface area contributed by atoms with Gasteiger partial charge in [-0.3, -0.25) is 9.59 Å². The van der Waals surface area contributed by atoms with Gasteiger partial charge in [-0.25, -0.2) is 4.90 Å². The van der Waals surface area contributed by atoms with Crippen molar-refractivity contribution in [1.82, 2.24) is 4.90 Å². The molecule has 0 N–H and O–H groups in total. The normalized spacial score (nSPS) is 17.5. The summed E-state index contributed by atoms with van der Waals surface area (Å²) in [6.45, 7) is 3.52. The van der Waals surface area contributed by atoms with E-state index in [9.17, 15) is 9.59 Å². The molecule has 4 rings (SSSR count). The second-order valence-electron chi connectivity index (χ2n) is 7.23. The average Bonchev–Trinajstić information content (AvgIpc) is 2.99. The first-order valence-electron chi connectivity index (χ1n) is 9.70. The monoisotopic (exact) mass is 376 g/mol. The van der Waals surface area contributed by atoms with Crippen molar-refractivity contribution in [1.29, 1.82) is 0 Å². The number of anilines is 1. The number of aryl methyl sites for hydroxylation is 1. The van der Waals surface area contributed by atoms with E-state index in [1.54, 1.807) is 7.11 Å². The van der Waals surface area contributed by atoms with Gasteiger partial charge in [0.1, 0.15) is 11.4 Å². The van der Waals surface area contributed by atoms with E-state index in [1.807, 2.05) is 55.5 Å². The third-order valence-corrected chi connectivity index (χ3v) is 5.47. The second kappa shape index (κ2) is 7.50. The number of imide groups is 1. The molecule has 144 valence electrons. The van der Waals surface area contributed by atoms with Crippen LogP contribution >= 0.6 is 0 Å². The topological polar surface area (TPSA) is 49.9 Å². The van der Waals surface area contributed by atoms with Crippen LogP contribution in [0, 0.1) is 6.92 Å². The van der Waals surface area contributed by atoms with Crippen LogP contribution in [0.2, 0.25) is 0 Å². The van der Waals surface area contributed by atoms with E-state index in [-0.39, 0.29) is 11.8 Å². The van der Waals surface area contributed by atoms with Gasteiger partial charge in [-0.2, -0.15) is 0 Å². The van der Waals surface area contributed by atoms with Crippen LogP contribution in [0.25, 0.3) is 5.57 Å². The molecule has 2 aliphatic heterocycles. The first-order valence-corrected chi connectivity index (χ1v) is 9.70. The van der Waals surface area contributed by atoms with Gasteiger partial charge < -0.3 is 9.64 Å². The van der Waals surface area contributed by atoms with Crippen LogP contribution in [-0.2, 0) is 9.59 Å². The number of ether oxygens (including phenoxy) is 1. The van der Waals surface area contributed by atoms with Crippen LogP contribution in [0.15, 0.2) is 54.2 Å². The molecule has 0 aromatic heterocycles. The van der Waals surface area contributed by atoms with Gasteiger partial charge in [0.15, 0.2) is 0 Å². The Hall–Kier alpha value is -3.08. The number of benzene rings is 2. The molecule has 0 aliphatic carbocycles. The zero-order valence-corrected chi connectivity index (χ0v) is 16.3. The molecule has 2 heterocycles. The highest BCUT2D eigenvalue weighted by Gasteiger charge is 2.43. The first kappa shape index (κ1) is 18.3. The molecule has 0 saturated carbocycles. The van der Waals surface area contributed by atoms with Crippen molar-refractivity contribution in [2.75, 3.05) is 25.1 Å². The predicted octanol–water partition coefficient (Wildman–Crippen LogP) is 3.77. The summed E-state index contributed by atoms with van der Waals surface area (Å²) in [6.07, 6.45) is 3.22. The molecule has 5 nitrogen and oxygen atoms in total. The summed E-state index contributed by atoms with van der Waals surface area (Å²) in [5.74, 6) is 0.230. The van der Waals surface area contributed by atoms with Crippen molar-refractivity contribution in [3.8, 4) is 5.75 Å². The van der Waals surface area contributed by atoms with E-state index in [1.165, 1.54) is 4.90 Å². The average molecular weight is 376 g/mol. The maximum atomic E-state index is 13.5. The molecule has 0 atom stereocenters. The van der Waals surface area contributed by atoms with Gasteiger partial charge in [-0.1, -0.05) is 30.3 Å². The molecule has 28 heavy (non-hydrogen) atoms. The van der Waals surface area contributed by atoms with E-state index in [0.29, 0.717) is 17.0 Å². The molecule has 5 heteroatoms. The highest BCUT2D eigenvalue weighted by molar-refractivity contribution is 6.45. The quantitative estimate of drug-likeness (QED) is 0.762. The van der Waals surface area contributed by atoms with Crippen molar-refractivity contribution in [3.63, 3.8) is 0 Å². The number of rotatable bonds is 4. The van der Waals surface area contributed by atoms with Crippen LogP contribution in [0.3, 0.4) is 0 Å². The number of hydrogen-bond donors (Lipinski definition) is 0. The summed E-state index contributed by atoms with van der Waals surface area (Å²) in [5, 5.41) is 0. The summed E-state index contributed by atoms with van der Waals surface area (Å²) in [4.78, 5) is 30.3. The number of piperidine rings is 1. The fourth-order valence-corrected chi connectivity index (χ4v) is 3.98. The van der Waals surface area contributed by atoms with E-state index in [2.05, 4.69) is 4.90 Å². The first-order chi connectivity index (χ1) is 13.6. The highest BCUT2D eigenvalue weighted by Crippen LogP contribution is 2.37. The Bertz CT molecular complexity index is 941. The number of hydrogen-bond acceptors (Lipinski definition) is 4. The Morgan fingerprint density at radius 2 is 1.54 bits per heavy atom. The van der Waals surface area contributed by atoms with Crippen molar-refractivity contribution < 1.29 is 14.3 Å². The standard InChI is InChI=1S/C23H24N2O3/c1-16-8-4-5-9-19(16)25-22(26)20(17-10-12-18(28-2)13-11-17)21(23(25)27)24-14-6-3-7-15-24/h4-5,8-13H,3,6-7,14-15H2,1-2H3. The Kier molecular flexibility index (Phi) is 4.90. The lowest BCUT2D eigenvalue weighted by Crippen LogP contribution is -2.37. The van der Waals surface area contributed by atoms with Gasteiger partial charge in [0, 0.05) is 13.1 Å². The summed E-state index contributed by atoms with van der Waals surface area (Å²) in [6, 6.07) is 14.9. The molecule has 2 aromatic carbocycles. The molecule has 2 aliphatic rings. The number of nitrogens with zero attached hydrogens (tertiary/aromatic N) is 2. The molecule has 0 radical (unpaired) electrons. The molecule has 0 bridgehead atoms. The highest BCUT2D eigenvalue weighted by atomic mass is 16.5. The number of amides is 2. The van der Waals surface area contributed by atoms with Crippen LogP contribution in [0.5, 0.6) is 5.75 Å². The van der Waals surface area contributed by atoms with E-state index in [0.717, 1.165) is 49.2 Å². The van der Waals surface area contributed by atoms with Crippen molar-refractivity contribution in [3.05, 3.63) is 65.4 Å². The predicted molar refractivity (Wildman–Crippen MR) is 109 cm³/mol. The third kappa shape index (κ3) is 3.07. The molecule has 1 saturated heterocycles. The van der Waals surface area contributed by atoms with Crippen molar-refractivity contribution in [2.24, 2.45) is 0 Å². The second-order valence-corrected chi connectivity index (χ2v) is 7.23. The third-order valence-electron chi connectivity index (χ3n) is 5.47. The number of carbonyl (C=O) groups is 2. The lowest BCUT2D eigenvalue weighted by molar-refractivity contribution is -0.120. The van der Waals surface area contributed by atoms with Crippen LogP contribution < -0.4 is 9.64 Å². The van der Waals surface area contributed by atoms with Gasteiger partial charge >= 0.3 is 0 Å². The lowest BCUT2D eigenvalue weighted by Gasteiger charge is -2.29. The van der Waals surface area contributed by atoms with Crippen molar-refractivity contribution in [2.45, 2.75) is 26.2 Å². The summed E-state index contributed by atoms with van der Waals surface area (Å²) >= 11 is 0.